The summed E-state index contributed by atoms with van der Waals surface area (Å²) >= 11 is 18.7. The van der Waals surface area contributed by atoms with Crippen LogP contribution in [0.1, 0.15) is 30.6 Å². The molecule has 0 bridgehead atoms. The number of nitrogens with one attached hydrogen (secondary N) is 1. The van der Waals surface area contributed by atoms with Crippen molar-refractivity contribution >= 4 is 34.8 Å². The molecule has 0 amide bonds. The van der Waals surface area contributed by atoms with Gasteiger partial charge in [-0.25, -0.2) is 5.43 Å². The fraction of sp³-hybridized carbons (Fsp3) is 0.308. The summed E-state index contributed by atoms with van der Waals surface area (Å²) < 4.78 is 1.81. The van der Waals surface area contributed by atoms with Crippen molar-refractivity contribution in [2.24, 2.45) is 5.84 Å². The molecule has 0 saturated heterocycles. The van der Waals surface area contributed by atoms with Gasteiger partial charge in [-0.1, -0.05) is 47.8 Å². The molecule has 1 atom stereocenters. The van der Waals surface area contributed by atoms with Crippen LogP contribution in [0.4, 0.5) is 0 Å². The maximum atomic E-state index is 6.25. The van der Waals surface area contributed by atoms with Crippen LogP contribution in [-0.4, -0.2) is 9.78 Å². The van der Waals surface area contributed by atoms with E-state index in [1.54, 1.807) is 24.4 Å². The number of rotatable bonds is 5. The molecule has 1 aromatic carbocycles. The van der Waals surface area contributed by atoms with Crippen LogP contribution in [0.2, 0.25) is 15.1 Å². The Hall–Kier alpha value is -0.780. The Kier molecular flexibility index (Phi) is 5.29. The summed E-state index contributed by atoms with van der Waals surface area (Å²) in [5.41, 5.74) is 4.18. The molecule has 3 N–H and O–H groups in total. The average molecular weight is 334 g/mol. The molecular weight excluding hydrogens is 319 g/mol. The number of halogens is 3. The lowest BCUT2D eigenvalue weighted by atomic mass is 10.0. The van der Waals surface area contributed by atoms with Gasteiger partial charge in [-0.05, 0) is 18.6 Å². The van der Waals surface area contributed by atoms with Crippen molar-refractivity contribution in [3.05, 3.63) is 50.7 Å². The van der Waals surface area contributed by atoms with E-state index < -0.39 is 6.04 Å². The molecule has 4 nitrogen and oxygen atoms in total. The second-order valence-electron chi connectivity index (χ2n) is 4.34. The third-order valence-corrected chi connectivity index (χ3v) is 3.95. The van der Waals surface area contributed by atoms with Crippen molar-refractivity contribution < 1.29 is 0 Å². The average Bonchev–Trinajstić information content (AvgIpc) is 2.76. The van der Waals surface area contributed by atoms with Gasteiger partial charge in [0, 0.05) is 22.2 Å². The molecule has 0 radical (unpaired) electrons. The zero-order valence-electron chi connectivity index (χ0n) is 10.9. The molecule has 1 unspecified atom stereocenters. The lowest BCUT2D eigenvalue weighted by Gasteiger charge is -2.21. The molecule has 0 fully saturated rings. The van der Waals surface area contributed by atoms with Gasteiger partial charge in [-0.15, -0.1) is 0 Å². The fourth-order valence-electron chi connectivity index (χ4n) is 2.13. The molecule has 1 heterocycles. The molecule has 7 heteroatoms. The van der Waals surface area contributed by atoms with Crippen molar-refractivity contribution in [2.75, 3.05) is 0 Å². The predicted molar refractivity (Wildman–Crippen MR) is 83.2 cm³/mol. The molecular formula is C13H15Cl3N4. The van der Waals surface area contributed by atoms with Crippen molar-refractivity contribution in [1.29, 1.82) is 0 Å². The molecule has 1 aromatic heterocycles. The summed E-state index contributed by atoms with van der Waals surface area (Å²) in [4.78, 5) is 0. The van der Waals surface area contributed by atoms with Gasteiger partial charge in [0.1, 0.15) is 0 Å². The number of aryl methyl sites for hydroxylation is 1. The molecule has 0 saturated carbocycles. The minimum Gasteiger partial charge on any atom is -0.271 e. The molecule has 0 aliphatic carbocycles. The second-order valence-corrected chi connectivity index (χ2v) is 5.56. The predicted octanol–water partition coefficient (Wildman–Crippen LogP) is 3.81. The fourth-order valence-corrected chi connectivity index (χ4v) is 3.00. The molecule has 0 aliphatic rings. The van der Waals surface area contributed by atoms with Gasteiger partial charge in [-0.2, -0.15) is 5.10 Å². The smallest absolute Gasteiger partial charge is 0.0922 e. The minimum absolute atomic E-state index is 0.419. The summed E-state index contributed by atoms with van der Waals surface area (Å²) in [7, 11) is 0. The standard InChI is InChI=1S/C13H15Cl3N4/c1-2-6-20-13(10(16)7-18-20)12(19-17)11-8(14)4-3-5-9(11)15/h3-5,7,12,19H,2,6,17H2,1H3. The normalized spacial score (nSPS) is 12.7. The van der Waals surface area contributed by atoms with Crippen LogP contribution in [0.25, 0.3) is 0 Å². The minimum atomic E-state index is -0.419. The molecule has 2 rings (SSSR count). The maximum Gasteiger partial charge on any atom is 0.0922 e. The summed E-state index contributed by atoms with van der Waals surface area (Å²) in [6.07, 6.45) is 2.53. The Morgan fingerprint density at radius 3 is 2.45 bits per heavy atom. The Balaban J connectivity index is 2.55. The SMILES string of the molecule is CCCn1ncc(Cl)c1C(NN)c1c(Cl)cccc1Cl. The van der Waals surface area contributed by atoms with Gasteiger partial charge in [0.05, 0.1) is 23.0 Å². The summed E-state index contributed by atoms with van der Waals surface area (Å²) in [6, 6.07) is 4.90. The number of aromatic nitrogens is 2. The Bertz CT molecular complexity index is 577. The lowest BCUT2D eigenvalue weighted by molar-refractivity contribution is 0.521. The van der Waals surface area contributed by atoms with Crippen LogP contribution in [0.15, 0.2) is 24.4 Å². The van der Waals surface area contributed by atoms with E-state index >= 15 is 0 Å². The highest BCUT2D eigenvalue weighted by Crippen LogP contribution is 2.36. The largest absolute Gasteiger partial charge is 0.271 e. The number of benzene rings is 1. The molecule has 2 aromatic rings. The summed E-state index contributed by atoms with van der Waals surface area (Å²) in [6.45, 7) is 2.80. The van der Waals surface area contributed by atoms with Crippen molar-refractivity contribution in [3.8, 4) is 0 Å². The second kappa shape index (κ2) is 6.78. The highest BCUT2D eigenvalue weighted by Gasteiger charge is 2.25. The van der Waals surface area contributed by atoms with Crippen LogP contribution in [0.5, 0.6) is 0 Å². The molecule has 0 aliphatic heterocycles. The summed E-state index contributed by atoms with van der Waals surface area (Å²) in [5, 5.41) is 5.84. The van der Waals surface area contributed by atoms with Crippen LogP contribution in [0.3, 0.4) is 0 Å². The van der Waals surface area contributed by atoms with Crippen molar-refractivity contribution in [3.63, 3.8) is 0 Å². The van der Waals surface area contributed by atoms with E-state index in [9.17, 15) is 0 Å². The van der Waals surface area contributed by atoms with E-state index in [2.05, 4.69) is 17.4 Å². The van der Waals surface area contributed by atoms with E-state index in [1.165, 1.54) is 0 Å². The van der Waals surface area contributed by atoms with E-state index in [0.29, 0.717) is 20.6 Å². The van der Waals surface area contributed by atoms with E-state index in [0.717, 1.165) is 18.7 Å². The monoisotopic (exact) mass is 332 g/mol. The Morgan fingerprint density at radius 1 is 1.25 bits per heavy atom. The van der Waals surface area contributed by atoms with Crippen LogP contribution in [0, 0.1) is 0 Å². The van der Waals surface area contributed by atoms with E-state index in [1.807, 2.05) is 4.68 Å². The first-order chi connectivity index (χ1) is 9.60. The topological polar surface area (TPSA) is 55.9 Å². The molecule has 20 heavy (non-hydrogen) atoms. The van der Waals surface area contributed by atoms with Crippen LogP contribution >= 0.6 is 34.8 Å². The van der Waals surface area contributed by atoms with Crippen LogP contribution in [-0.2, 0) is 6.54 Å². The van der Waals surface area contributed by atoms with Gasteiger partial charge in [0.2, 0.25) is 0 Å². The summed E-state index contributed by atoms with van der Waals surface area (Å²) in [5.74, 6) is 5.70. The van der Waals surface area contributed by atoms with Gasteiger partial charge in [0.15, 0.2) is 0 Å². The van der Waals surface area contributed by atoms with E-state index in [4.69, 9.17) is 40.6 Å². The number of hydrogen-bond acceptors (Lipinski definition) is 3. The third-order valence-electron chi connectivity index (χ3n) is 3.00. The van der Waals surface area contributed by atoms with Crippen molar-refractivity contribution in [2.45, 2.75) is 25.9 Å². The number of hydrogen-bond donors (Lipinski definition) is 2. The van der Waals surface area contributed by atoms with Gasteiger partial charge in [-0.3, -0.25) is 10.5 Å². The first-order valence-corrected chi connectivity index (χ1v) is 7.34. The highest BCUT2D eigenvalue weighted by molar-refractivity contribution is 6.36. The number of nitrogens with two attached hydrogens (primary N) is 1. The first kappa shape index (κ1) is 15.6. The third kappa shape index (κ3) is 2.95. The Labute approximate surface area is 132 Å². The van der Waals surface area contributed by atoms with Gasteiger partial charge in [0.25, 0.3) is 0 Å². The van der Waals surface area contributed by atoms with Gasteiger partial charge < -0.3 is 0 Å². The zero-order chi connectivity index (χ0) is 14.7. The van der Waals surface area contributed by atoms with Gasteiger partial charge >= 0.3 is 0 Å². The zero-order valence-corrected chi connectivity index (χ0v) is 13.2. The van der Waals surface area contributed by atoms with E-state index in [-0.39, 0.29) is 0 Å². The highest BCUT2D eigenvalue weighted by atomic mass is 35.5. The maximum absolute atomic E-state index is 6.25. The molecule has 0 spiro atoms. The van der Waals surface area contributed by atoms with Crippen LogP contribution < -0.4 is 11.3 Å². The lowest BCUT2D eigenvalue weighted by Crippen LogP contribution is -2.31. The number of hydrazine groups is 1. The molecule has 108 valence electrons. The number of nitrogens with zero attached hydrogens (tertiary/aromatic N) is 2. The van der Waals surface area contributed by atoms with Crippen molar-refractivity contribution in [1.82, 2.24) is 15.2 Å². The quantitative estimate of drug-likeness (QED) is 0.646. The Morgan fingerprint density at radius 2 is 1.90 bits per heavy atom. The first-order valence-electron chi connectivity index (χ1n) is 6.21.